The van der Waals surface area contributed by atoms with Crippen LogP contribution in [0.3, 0.4) is 0 Å². The van der Waals surface area contributed by atoms with Crippen LogP contribution in [0.15, 0.2) is 48.5 Å². The Kier molecular flexibility index (Phi) is 5.81. The summed E-state index contributed by atoms with van der Waals surface area (Å²) in [5.74, 6) is -0.494. The first kappa shape index (κ1) is 18.7. The van der Waals surface area contributed by atoms with Gasteiger partial charge in [0.1, 0.15) is 0 Å². The Morgan fingerprint density at radius 3 is 2.65 bits per heavy atom. The number of likely N-dealkylation sites (N-methyl/N-ethyl adjacent to an activating group) is 1. The number of carbonyl (C=O) groups is 1. The number of halogens is 1. The van der Waals surface area contributed by atoms with E-state index in [1.54, 1.807) is 12.1 Å². The zero-order valence-electron chi connectivity index (χ0n) is 14.8. The number of likely N-dealkylation sites (tertiary alicyclic amines) is 1. The standard InChI is InChI=1S/C20H24ClN3O2/c1-23(18-8-7-15(20(22)26)11-17(18)21)19(14-5-3-2-4-6-14)13-24-10-9-16(25)12-24/h2-8,11,16,19,25H,9-10,12-13H2,1H3,(H2,22,26). The molecule has 2 unspecified atom stereocenters. The molecule has 0 aliphatic carbocycles. The SMILES string of the molecule is CN(c1ccc(C(N)=O)cc1Cl)C(CN1CCC(O)C1)c1ccccc1. The lowest BCUT2D eigenvalue weighted by Gasteiger charge is -2.34. The highest BCUT2D eigenvalue weighted by Gasteiger charge is 2.27. The van der Waals surface area contributed by atoms with Gasteiger partial charge in [0.2, 0.25) is 5.91 Å². The topological polar surface area (TPSA) is 69.8 Å². The van der Waals surface area contributed by atoms with Crippen molar-refractivity contribution in [2.75, 3.05) is 31.6 Å². The summed E-state index contributed by atoms with van der Waals surface area (Å²) in [5.41, 5.74) is 7.75. The maximum atomic E-state index is 11.4. The van der Waals surface area contributed by atoms with Crippen LogP contribution in [0.25, 0.3) is 0 Å². The number of hydrogen-bond acceptors (Lipinski definition) is 4. The van der Waals surface area contributed by atoms with E-state index in [4.69, 9.17) is 17.3 Å². The van der Waals surface area contributed by atoms with E-state index in [-0.39, 0.29) is 12.1 Å². The average molecular weight is 374 g/mol. The van der Waals surface area contributed by atoms with Crippen LogP contribution >= 0.6 is 11.6 Å². The van der Waals surface area contributed by atoms with Gasteiger partial charge in [-0.2, -0.15) is 0 Å². The fraction of sp³-hybridized carbons (Fsp3) is 0.350. The van der Waals surface area contributed by atoms with E-state index >= 15 is 0 Å². The normalized spacial score (nSPS) is 18.7. The van der Waals surface area contributed by atoms with Crippen molar-refractivity contribution in [3.63, 3.8) is 0 Å². The first-order valence-electron chi connectivity index (χ1n) is 8.73. The van der Waals surface area contributed by atoms with Gasteiger partial charge in [-0.15, -0.1) is 0 Å². The fourth-order valence-electron chi connectivity index (χ4n) is 3.46. The lowest BCUT2D eigenvalue weighted by atomic mass is 10.0. The smallest absolute Gasteiger partial charge is 0.248 e. The van der Waals surface area contributed by atoms with Gasteiger partial charge in [0.15, 0.2) is 0 Å². The summed E-state index contributed by atoms with van der Waals surface area (Å²) < 4.78 is 0. The molecule has 138 valence electrons. The number of nitrogens with two attached hydrogens (primary N) is 1. The lowest BCUT2D eigenvalue weighted by molar-refractivity contribution is 0.100. The first-order chi connectivity index (χ1) is 12.5. The summed E-state index contributed by atoms with van der Waals surface area (Å²) in [6, 6.07) is 15.4. The Bertz CT molecular complexity index is 769. The van der Waals surface area contributed by atoms with Crippen molar-refractivity contribution < 1.29 is 9.90 Å². The van der Waals surface area contributed by atoms with Gasteiger partial charge in [-0.3, -0.25) is 9.69 Å². The summed E-state index contributed by atoms with van der Waals surface area (Å²) in [6.07, 6.45) is 0.550. The van der Waals surface area contributed by atoms with E-state index in [2.05, 4.69) is 21.9 Å². The Balaban J connectivity index is 1.89. The molecule has 0 aromatic heterocycles. The molecular weight excluding hydrogens is 350 g/mol. The molecule has 3 rings (SSSR count). The van der Waals surface area contributed by atoms with E-state index in [1.807, 2.05) is 31.3 Å². The van der Waals surface area contributed by atoms with Crippen LogP contribution in [0.1, 0.15) is 28.4 Å². The predicted molar refractivity (Wildman–Crippen MR) is 105 cm³/mol. The molecule has 0 bridgehead atoms. The van der Waals surface area contributed by atoms with Crippen molar-refractivity contribution in [2.45, 2.75) is 18.6 Å². The van der Waals surface area contributed by atoms with Crippen LogP contribution in [0, 0.1) is 0 Å². The molecule has 5 nitrogen and oxygen atoms in total. The van der Waals surface area contributed by atoms with E-state index in [0.29, 0.717) is 17.1 Å². The molecule has 3 N–H and O–H groups in total. The molecule has 0 radical (unpaired) electrons. The number of nitrogens with zero attached hydrogens (tertiary/aromatic N) is 2. The molecular formula is C20H24ClN3O2. The Labute approximate surface area is 159 Å². The number of benzene rings is 2. The van der Waals surface area contributed by atoms with Gasteiger partial charge in [0.05, 0.1) is 22.9 Å². The van der Waals surface area contributed by atoms with Crippen LogP contribution < -0.4 is 10.6 Å². The van der Waals surface area contributed by atoms with Crippen LogP contribution in [0.2, 0.25) is 5.02 Å². The van der Waals surface area contributed by atoms with Gasteiger partial charge < -0.3 is 15.7 Å². The van der Waals surface area contributed by atoms with Crippen LogP contribution in [0.4, 0.5) is 5.69 Å². The van der Waals surface area contributed by atoms with Gasteiger partial charge in [-0.05, 0) is 30.2 Å². The second-order valence-corrected chi connectivity index (χ2v) is 7.18. The maximum absolute atomic E-state index is 11.4. The van der Waals surface area contributed by atoms with Gasteiger partial charge in [0, 0.05) is 32.2 Å². The van der Waals surface area contributed by atoms with Gasteiger partial charge in [-0.25, -0.2) is 0 Å². The molecule has 2 aromatic rings. The Hall–Kier alpha value is -2.08. The minimum atomic E-state index is -0.494. The van der Waals surface area contributed by atoms with Crippen LogP contribution in [0.5, 0.6) is 0 Å². The molecule has 1 saturated heterocycles. The zero-order valence-corrected chi connectivity index (χ0v) is 15.6. The molecule has 6 heteroatoms. The quantitative estimate of drug-likeness (QED) is 0.816. The minimum Gasteiger partial charge on any atom is -0.392 e. The summed E-state index contributed by atoms with van der Waals surface area (Å²) in [4.78, 5) is 15.8. The molecule has 1 amide bonds. The summed E-state index contributed by atoms with van der Waals surface area (Å²) in [6.45, 7) is 2.35. The van der Waals surface area contributed by atoms with E-state index in [0.717, 1.165) is 25.2 Å². The second-order valence-electron chi connectivity index (χ2n) is 6.77. The number of aliphatic hydroxyl groups is 1. The molecule has 1 aliphatic rings. The first-order valence-corrected chi connectivity index (χ1v) is 9.11. The monoisotopic (exact) mass is 373 g/mol. The number of β-amino-alcohol motifs (C(OH)–C–C–N with tert-alkyl or cyclic N) is 1. The fourth-order valence-corrected chi connectivity index (χ4v) is 3.78. The van der Waals surface area contributed by atoms with Gasteiger partial charge >= 0.3 is 0 Å². The number of amides is 1. The number of primary amides is 1. The Morgan fingerprint density at radius 1 is 1.35 bits per heavy atom. The van der Waals surface area contributed by atoms with E-state index in [9.17, 15) is 9.90 Å². The molecule has 1 fully saturated rings. The van der Waals surface area contributed by atoms with Gasteiger partial charge in [-0.1, -0.05) is 41.9 Å². The molecule has 0 spiro atoms. The predicted octanol–water partition coefficient (Wildman–Crippen LogP) is 2.68. The number of anilines is 1. The van der Waals surface area contributed by atoms with Crippen LogP contribution in [-0.2, 0) is 0 Å². The van der Waals surface area contributed by atoms with Crippen LogP contribution in [-0.4, -0.2) is 48.7 Å². The molecule has 0 saturated carbocycles. The highest BCUT2D eigenvalue weighted by atomic mass is 35.5. The number of hydrogen-bond donors (Lipinski definition) is 2. The third-order valence-electron chi connectivity index (χ3n) is 4.94. The zero-order chi connectivity index (χ0) is 18.7. The van der Waals surface area contributed by atoms with Crippen molar-refractivity contribution >= 4 is 23.2 Å². The number of aliphatic hydroxyl groups excluding tert-OH is 1. The summed E-state index contributed by atoms with van der Waals surface area (Å²) >= 11 is 6.44. The highest BCUT2D eigenvalue weighted by molar-refractivity contribution is 6.33. The number of rotatable bonds is 6. The Morgan fingerprint density at radius 2 is 2.08 bits per heavy atom. The molecule has 2 aromatic carbocycles. The molecule has 1 aliphatic heterocycles. The van der Waals surface area contributed by atoms with E-state index < -0.39 is 5.91 Å². The lowest BCUT2D eigenvalue weighted by Crippen LogP contribution is -2.36. The van der Waals surface area contributed by atoms with Crippen molar-refractivity contribution in [1.82, 2.24) is 4.90 Å². The largest absolute Gasteiger partial charge is 0.392 e. The molecule has 2 atom stereocenters. The molecule has 1 heterocycles. The van der Waals surface area contributed by atoms with Crippen molar-refractivity contribution in [3.05, 3.63) is 64.7 Å². The highest BCUT2D eigenvalue weighted by Crippen LogP contribution is 2.33. The molecule has 26 heavy (non-hydrogen) atoms. The van der Waals surface area contributed by atoms with Crippen molar-refractivity contribution in [2.24, 2.45) is 5.73 Å². The maximum Gasteiger partial charge on any atom is 0.248 e. The average Bonchev–Trinajstić information content (AvgIpc) is 3.04. The summed E-state index contributed by atoms with van der Waals surface area (Å²) in [7, 11) is 2.00. The van der Waals surface area contributed by atoms with Crippen molar-refractivity contribution in [1.29, 1.82) is 0 Å². The van der Waals surface area contributed by atoms with E-state index in [1.165, 1.54) is 5.56 Å². The van der Waals surface area contributed by atoms with Crippen molar-refractivity contribution in [3.8, 4) is 0 Å². The second kappa shape index (κ2) is 8.08. The third-order valence-corrected chi connectivity index (χ3v) is 5.25. The third kappa shape index (κ3) is 4.18. The summed E-state index contributed by atoms with van der Waals surface area (Å²) in [5, 5.41) is 10.3. The van der Waals surface area contributed by atoms with Gasteiger partial charge in [0.25, 0.3) is 0 Å². The minimum absolute atomic E-state index is 0.0680. The number of carbonyl (C=O) groups excluding carboxylic acids is 1.